The Hall–Kier alpha value is -2.69. The van der Waals surface area contributed by atoms with Crippen molar-refractivity contribution in [2.24, 2.45) is 0 Å². The molecule has 0 radical (unpaired) electrons. The Bertz CT molecular complexity index is 767. The van der Waals surface area contributed by atoms with Gasteiger partial charge >= 0.3 is 5.97 Å². The lowest BCUT2D eigenvalue weighted by atomic mass is 9.86. The molecule has 1 atom stereocenters. The van der Waals surface area contributed by atoms with Crippen LogP contribution in [0.2, 0.25) is 0 Å². The van der Waals surface area contributed by atoms with Gasteiger partial charge in [0.15, 0.2) is 11.5 Å². The van der Waals surface area contributed by atoms with Gasteiger partial charge in [-0.2, -0.15) is 0 Å². The van der Waals surface area contributed by atoms with Crippen molar-refractivity contribution in [2.75, 3.05) is 25.8 Å². The molecule has 2 aromatic carbocycles. The molecule has 2 aromatic rings. The summed E-state index contributed by atoms with van der Waals surface area (Å²) in [6.07, 6.45) is 0.327. The maximum Gasteiger partial charge on any atom is 0.312 e. The summed E-state index contributed by atoms with van der Waals surface area (Å²) in [4.78, 5) is 14.0. The van der Waals surface area contributed by atoms with E-state index in [-0.39, 0.29) is 18.7 Å². The normalized spacial score (nSPS) is 18.3. The quantitative estimate of drug-likeness (QED) is 0.630. The molecule has 0 aliphatic carbocycles. The van der Waals surface area contributed by atoms with E-state index >= 15 is 0 Å². The first-order valence-corrected chi connectivity index (χ1v) is 7.53. The molecular weight excluding hydrogens is 294 g/mol. The Morgan fingerprint density at radius 2 is 1.70 bits per heavy atom. The zero-order valence-electron chi connectivity index (χ0n) is 13.0. The number of carbonyl (C=O) groups excluding carboxylic acids is 1. The Labute approximate surface area is 134 Å². The predicted molar refractivity (Wildman–Crippen MR) is 85.4 cm³/mol. The molecule has 118 valence electrons. The van der Waals surface area contributed by atoms with Crippen LogP contribution in [0, 0.1) is 0 Å². The first-order valence-electron chi connectivity index (χ1n) is 7.53. The largest absolute Gasteiger partial charge is 0.454 e. The minimum Gasteiger partial charge on any atom is -0.454 e. The molecule has 0 aromatic heterocycles. The topological polar surface area (TPSA) is 48.0 Å². The van der Waals surface area contributed by atoms with Crippen molar-refractivity contribution in [3.05, 3.63) is 47.5 Å². The molecule has 2 heterocycles. The molecular formula is C18H17NO4. The van der Waals surface area contributed by atoms with E-state index in [0.717, 1.165) is 16.8 Å². The van der Waals surface area contributed by atoms with Crippen LogP contribution < -0.4 is 19.1 Å². The predicted octanol–water partition coefficient (Wildman–Crippen LogP) is 2.92. The van der Waals surface area contributed by atoms with Gasteiger partial charge in [0.25, 0.3) is 0 Å². The minimum absolute atomic E-state index is 0.0306. The van der Waals surface area contributed by atoms with E-state index in [2.05, 4.69) is 24.3 Å². The van der Waals surface area contributed by atoms with Gasteiger partial charge in [0.2, 0.25) is 6.79 Å². The van der Waals surface area contributed by atoms with Crippen LogP contribution in [0.5, 0.6) is 17.2 Å². The first kappa shape index (κ1) is 13.9. The van der Waals surface area contributed by atoms with Crippen LogP contribution in [0.15, 0.2) is 36.4 Å². The Kier molecular flexibility index (Phi) is 3.15. The van der Waals surface area contributed by atoms with Gasteiger partial charge in [-0.25, -0.2) is 0 Å². The smallest absolute Gasteiger partial charge is 0.312 e. The lowest BCUT2D eigenvalue weighted by Gasteiger charge is -2.25. The van der Waals surface area contributed by atoms with Crippen molar-refractivity contribution in [2.45, 2.75) is 12.3 Å². The molecule has 0 saturated heterocycles. The van der Waals surface area contributed by atoms with E-state index in [1.165, 1.54) is 0 Å². The van der Waals surface area contributed by atoms with Crippen LogP contribution in [0.25, 0.3) is 0 Å². The van der Waals surface area contributed by atoms with Gasteiger partial charge < -0.3 is 19.1 Å². The van der Waals surface area contributed by atoms with Gasteiger partial charge in [0.1, 0.15) is 5.75 Å². The molecule has 4 rings (SSSR count). The fourth-order valence-electron chi connectivity index (χ4n) is 3.04. The average Bonchev–Trinajstić information content (AvgIpc) is 2.99. The second-order valence-corrected chi connectivity index (χ2v) is 5.96. The molecule has 23 heavy (non-hydrogen) atoms. The monoisotopic (exact) mass is 311 g/mol. The third-order valence-electron chi connectivity index (χ3n) is 4.29. The number of hydrogen-bond donors (Lipinski definition) is 0. The Balaban J connectivity index is 1.76. The summed E-state index contributed by atoms with van der Waals surface area (Å²) in [6, 6.07) is 11.9. The second kappa shape index (κ2) is 5.19. The molecule has 0 amide bonds. The van der Waals surface area contributed by atoms with Crippen LogP contribution in [-0.4, -0.2) is 26.9 Å². The highest BCUT2D eigenvalue weighted by Gasteiger charge is 2.31. The van der Waals surface area contributed by atoms with Gasteiger partial charge in [-0.3, -0.25) is 4.79 Å². The standard InChI is InChI=1S/C18H17NO4/c1-19(2)12-5-3-11(4-6-12)13-8-18(20)23-15-9-17-16(7-14(13)15)21-10-22-17/h3-7,9,13H,8,10H2,1-2H3. The van der Waals surface area contributed by atoms with Crippen molar-refractivity contribution in [3.8, 4) is 17.2 Å². The SMILES string of the molecule is CN(C)c1ccc(C2CC(=O)Oc3cc4c(cc32)OCO4)cc1. The zero-order chi connectivity index (χ0) is 16.0. The number of carbonyl (C=O) groups is 1. The molecule has 5 nitrogen and oxygen atoms in total. The molecule has 1 unspecified atom stereocenters. The van der Waals surface area contributed by atoms with Crippen molar-refractivity contribution in [1.29, 1.82) is 0 Å². The van der Waals surface area contributed by atoms with Crippen LogP contribution in [0.3, 0.4) is 0 Å². The number of nitrogens with zero attached hydrogens (tertiary/aromatic N) is 1. The number of rotatable bonds is 2. The second-order valence-electron chi connectivity index (χ2n) is 5.96. The van der Waals surface area contributed by atoms with Gasteiger partial charge in [-0.05, 0) is 23.8 Å². The molecule has 5 heteroatoms. The van der Waals surface area contributed by atoms with Gasteiger partial charge in [-0.1, -0.05) is 12.1 Å². The van der Waals surface area contributed by atoms with Crippen molar-refractivity contribution in [3.63, 3.8) is 0 Å². The van der Waals surface area contributed by atoms with Gasteiger partial charge in [0, 0.05) is 37.3 Å². The molecule has 0 bridgehead atoms. The molecule has 0 saturated carbocycles. The number of anilines is 1. The van der Waals surface area contributed by atoms with Crippen LogP contribution >= 0.6 is 0 Å². The number of hydrogen-bond acceptors (Lipinski definition) is 5. The lowest BCUT2D eigenvalue weighted by Crippen LogP contribution is -2.21. The molecule has 0 fully saturated rings. The number of ether oxygens (including phenoxy) is 3. The van der Waals surface area contributed by atoms with E-state index in [0.29, 0.717) is 23.7 Å². The highest BCUT2D eigenvalue weighted by Crippen LogP contribution is 2.46. The fraction of sp³-hybridized carbons (Fsp3) is 0.278. The third-order valence-corrected chi connectivity index (χ3v) is 4.29. The summed E-state index contributed by atoms with van der Waals surface area (Å²) in [5.74, 6) is 1.64. The fourth-order valence-corrected chi connectivity index (χ4v) is 3.04. The summed E-state index contributed by atoms with van der Waals surface area (Å²) >= 11 is 0. The summed E-state index contributed by atoms with van der Waals surface area (Å²) in [5, 5.41) is 0. The summed E-state index contributed by atoms with van der Waals surface area (Å²) in [6.45, 7) is 0.203. The maximum atomic E-state index is 12.0. The first-order chi connectivity index (χ1) is 11.1. The van der Waals surface area contributed by atoms with Crippen molar-refractivity contribution < 1.29 is 19.0 Å². The van der Waals surface area contributed by atoms with E-state index < -0.39 is 0 Å². The van der Waals surface area contributed by atoms with Gasteiger partial charge in [-0.15, -0.1) is 0 Å². The maximum absolute atomic E-state index is 12.0. The lowest BCUT2D eigenvalue weighted by molar-refractivity contribution is -0.135. The minimum atomic E-state index is -0.224. The van der Waals surface area contributed by atoms with E-state index in [4.69, 9.17) is 14.2 Å². The number of benzene rings is 2. The summed E-state index contributed by atoms with van der Waals surface area (Å²) < 4.78 is 16.2. The highest BCUT2D eigenvalue weighted by atomic mass is 16.7. The molecule has 0 N–H and O–H groups in total. The van der Waals surface area contributed by atoms with E-state index in [1.807, 2.05) is 25.1 Å². The molecule has 0 spiro atoms. The van der Waals surface area contributed by atoms with Crippen molar-refractivity contribution >= 4 is 11.7 Å². The molecule has 2 aliphatic heterocycles. The van der Waals surface area contributed by atoms with Crippen molar-refractivity contribution in [1.82, 2.24) is 0 Å². The Morgan fingerprint density at radius 3 is 2.39 bits per heavy atom. The average molecular weight is 311 g/mol. The molecule has 2 aliphatic rings. The number of esters is 1. The highest BCUT2D eigenvalue weighted by molar-refractivity contribution is 5.78. The number of fused-ring (bicyclic) bond motifs is 2. The van der Waals surface area contributed by atoms with Crippen LogP contribution in [0.4, 0.5) is 5.69 Å². The van der Waals surface area contributed by atoms with Gasteiger partial charge in [0.05, 0.1) is 6.42 Å². The van der Waals surface area contributed by atoms with E-state index in [1.54, 1.807) is 6.07 Å². The third kappa shape index (κ3) is 2.38. The summed E-state index contributed by atoms with van der Waals surface area (Å²) in [5.41, 5.74) is 3.18. The zero-order valence-corrected chi connectivity index (χ0v) is 13.0. The van der Waals surface area contributed by atoms with Crippen LogP contribution in [0.1, 0.15) is 23.5 Å². The Morgan fingerprint density at radius 1 is 1.00 bits per heavy atom. The summed E-state index contributed by atoms with van der Waals surface area (Å²) in [7, 11) is 4.01. The van der Waals surface area contributed by atoms with E-state index in [9.17, 15) is 4.79 Å². The van der Waals surface area contributed by atoms with Crippen LogP contribution in [-0.2, 0) is 4.79 Å².